The van der Waals surface area contributed by atoms with E-state index in [4.69, 9.17) is 0 Å². The highest BCUT2D eigenvalue weighted by atomic mass is 16.3. The van der Waals surface area contributed by atoms with Gasteiger partial charge in [-0.2, -0.15) is 10.5 Å². The Labute approximate surface area is 159 Å². The summed E-state index contributed by atoms with van der Waals surface area (Å²) in [7, 11) is 0. The van der Waals surface area contributed by atoms with Crippen molar-refractivity contribution < 1.29 is 9.90 Å². The van der Waals surface area contributed by atoms with Gasteiger partial charge in [-0.15, -0.1) is 0 Å². The number of ketones is 1. The Balaban J connectivity index is 2.30. The van der Waals surface area contributed by atoms with Crippen molar-refractivity contribution in [3.63, 3.8) is 0 Å². The van der Waals surface area contributed by atoms with Crippen molar-refractivity contribution in [3.8, 4) is 12.1 Å². The molecule has 0 bridgehead atoms. The Morgan fingerprint density at radius 1 is 1.00 bits per heavy atom. The van der Waals surface area contributed by atoms with Crippen LogP contribution in [0.4, 0.5) is 0 Å². The molecule has 2 aromatic rings. The third-order valence-electron chi connectivity index (χ3n) is 5.83. The van der Waals surface area contributed by atoms with E-state index in [0.29, 0.717) is 0 Å². The van der Waals surface area contributed by atoms with Crippen molar-refractivity contribution in [2.45, 2.75) is 37.7 Å². The number of benzene rings is 2. The predicted octanol–water partition coefficient (Wildman–Crippen LogP) is 3.95. The number of nitrogens with zero attached hydrogens (tertiary/aromatic N) is 2. The van der Waals surface area contributed by atoms with Crippen LogP contribution in [0.1, 0.15) is 43.2 Å². The summed E-state index contributed by atoms with van der Waals surface area (Å²) in [6.07, 6.45) is 0.172. The van der Waals surface area contributed by atoms with Crippen LogP contribution >= 0.6 is 0 Å². The molecule has 0 unspecified atom stereocenters. The van der Waals surface area contributed by atoms with Crippen molar-refractivity contribution in [3.05, 3.63) is 71.8 Å². The van der Waals surface area contributed by atoms with Gasteiger partial charge in [0, 0.05) is 11.8 Å². The van der Waals surface area contributed by atoms with Gasteiger partial charge in [-0.3, -0.25) is 4.79 Å². The van der Waals surface area contributed by atoms with Gasteiger partial charge in [-0.05, 0) is 31.4 Å². The van der Waals surface area contributed by atoms with Crippen LogP contribution < -0.4 is 0 Å². The Morgan fingerprint density at radius 2 is 1.48 bits per heavy atom. The summed E-state index contributed by atoms with van der Waals surface area (Å²) in [4.78, 5) is 12.6. The summed E-state index contributed by atoms with van der Waals surface area (Å²) in [6, 6.07) is 23.0. The fraction of sp³-hybridized carbons (Fsp3) is 0.348. The van der Waals surface area contributed by atoms with E-state index in [2.05, 4.69) is 12.1 Å². The van der Waals surface area contributed by atoms with Gasteiger partial charge in [0.05, 0.1) is 23.7 Å². The van der Waals surface area contributed by atoms with E-state index in [1.807, 2.05) is 60.7 Å². The van der Waals surface area contributed by atoms with E-state index < -0.39 is 28.8 Å². The average molecular weight is 358 g/mol. The molecule has 1 fully saturated rings. The minimum Gasteiger partial charge on any atom is -0.389 e. The van der Waals surface area contributed by atoms with E-state index in [9.17, 15) is 20.4 Å². The number of Topliss-reactive ketones (excluding diaryl/α,β-unsaturated/α-hetero) is 1. The molecular formula is C23H22N2O2. The number of rotatable bonds is 3. The maximum atomic E-state index is 12.6. The number of hydrogen-bond acceptors (Lipinski definition) is 4. The smallest absolute Gasteiger partial charge is 0.158 e. The Kier molecular flexibility index (Phi) is 4.87. The molecule has 3 rings (SSSR count). The van der Waals surface area contributed by atoms with E-state index in [1.165, 1.54) is 6.92 Å². The van der Waals surface area contributed by atoms with Crippen molar-refractivity contribution >= 4 is 5.78 Å². The number of carbonyl (C=O) groups excluding carboxylic acids is 1. The highest BCUT2D eigenvalue weighted by Crippen LogP contribution is 2.59. The van der Waals surface area contributed by atoms with Crippen LogP contribution in [0.25, 0.3) is 0 Å². The van der Waals surface area contributed by atoms with E-state index in [-0.39, 0.29) is 12.2 Å². The lowest BCUT2D eigenvalue weighted by Gasteiger charge is -2.51. The minimum absolute atomic E-state index is 0.172. The van der Waals surface area contributed by atoms with Gasteiger partial charge >= 0.3 is 0 Å². The quantitative estimate of drug-likeness (QED) is 0.900. The second kappa shape index (κ2) is 6.99. The monoisotopic (exact) mass is 358 g/mol. The molecule has 0 radical (unpaired) electrons. The van der Waals surface area contributed by atoms with Crippen molar-refractivity contribution in [1.82, 2.24) is 0 Å². The lowest BCUT2D eigenvalue weighted by atomic mass is 9.49. The van der Waals surface area contributed by atoms with Crippen LogP contribution in [-0.2, 0) is 4.79 Å². The third-order valence-corrected chi connectivity index (χ3v) is 5.83. The topological polar surface area (TPSA) is 84.9 Å². The number of nitriles is 2. The first-order chi connectivity index (χ1) is 12.9. The molecule has 1 aliphatic rings. The first-order valence-corrected chi connectivity index (χ1v) is 9.02. The van der Waals surface area contributed by atoms with Crippen LogP contribution in [0, 0.1) is 34.0 Å². The van der Waals surface area contributed by atoms with Gasteiger partial charge in [0.1, 0.15) is 5.78 Å². The van der Waals surface area contributed by atoms with E-state index in [1.54, 1.807) is 6.92 Å². The van der Waals surface area contributed by atoms with Gasteiger partial charge in [0.15, 0.2) is 5.41 Å². The zero-order valence-electron chi connectivity index (χ0n) is 15.5. The second-order valence-corrected chi connectivity index (χ2v) is 7.59. The second-order valence-electron chi connectivity index (χ2n) is 7.59. The maximum absolute atomic E-state index is 12.6. The predicted molar refractivity (Wildman–Crippen MR) is 101 cm³/mol. The van der Waals surface area contributed by atoms with Crippen LogP contribution in [0.3, 0.4) is 0 Å². The molecule has 0 saturated heterocycles. The first-order valence-electron chi connectivity index (χ1n) is 9.02. The largest absolute Gasteiger partial charge is 0.389 e. The molecule has 1 N–H and O–H groups in total. The van der Waals surface area contributed by atoms with Gasteiger partial charge in [0.25, 0.3) is 0 Å². The summed E-state index contributed by atoms with van der Waals surface area (Å²) >= 11 is 0. The van der Waals surface area contributed by atoms with Gasteiger partial charge in [0.2, 0.25) is 0 Å². The zero-order chi connectivity index (χ0) is 19.7. The lowest BCUT2D eigenvalue weighted by Crippen LogP contribution is -2.55. The fourth-order valence-electron chi connectivity index (χ4n) is 4.71. The summed E-state index contributed by atoms with van der Waals surface area (Å²) in [6.45, 7) is 3.07. The standard InChI is InChI=1S/C23H22N2O2/c1-16(26)20-21(18-11-7-4-8-12-18)23(14-24,15-25)19(13-22(20,2)27)17-9-5-3-6-10-17/h3-12,19-21,27H,13H2,1-2H3/t19-,20-,21+,22-/m1/s1. The molecule has 136 valence electrons. The van der Waals surface area contributed by atoms with Crippen molar-refractivity contribution in [1.29, 1.82) is 10.5 Å². The SMILES string of the molecule is CC(=O)[C@@H]1[C@H](c2ccccc2)C(C#N)(C#N)[C@@H](c2ccccc2)C[C@@]1(C)O. The Hall–Kier alpha value is -2.95. The molecule has 0 aliphatic heterocycles. The lowest BCUT2D eigenvalue weighted by molar-refractivity contribution is -0.139. The highest BCUT2D eigenvalue weighted by molar-refractivity contribution is 5.81. The Bertz CT molecular complexity index is 893. The van der Waals surface area contributed by atoms with Gasteiger partial charge in [-0.25, -0.2) is 0 Å². The molecular weight excluding hydrogens is 336 g/mol. The summed E-state index contributed by atoms with van der Waals surface area (Å²) < 4.78 is 0. The fourth-order valence-corrected chi connectivity index (χ4v) is 4.71. The zero-order valence-corrected chi connectivity index (χ0v) is 15.5. The van der Waals surface area contributed by atoms with E-state index >= 15 is 0 Å². The third kappa shape index (κ3) is 3.03. The van der Waals surface area contributed by atoms with Crippen LogP contribution in [0.15, 0.2) is 60.7 Å². The summed E-state index contributed by atoms with van der Waals surface area (Å²) in [5, 5.41) is 31.7. The molecule has 0 aromatic heterocycles. The minimum atomic E-state index is -1.46. The molecule has 0 amide bonds. The van der Waals surface area contributed by atoms with E-state index in [0.717, 1.165) is 11.1 Å². The molecule has 1 aliphatic carbocycles. The van der Waals surface area contributed by atoms with Gasteiger partial charge < -0.3 is 5.11 Å². The van der Waals surface area contributed by atoms with Crippen LogP contribution in [0.5, 0.6) is 0 Å². The van der Waals surface area contributed by atoms with Crippen LogP contribution in [-0.4, -0.2) is 16.5 Å². The molecule has 0 heterocycles. The molecule has 4 atom stereocenters. The molecule has 1 saturated carbocycles. The molecule has 4 heteroatoms. The first kappa shape index (κ1) is 18.8. The number of aliphatic hydroxyl groups is 1. The maximum Gasteiger partial charge on any atom is 0.158 e. The normalized spacial score (nSPS) is 29.3. The molecule has 2 aromatic carbocycles. The molecule has 27 heavy (non-hydrogen) atoms. The molecule has 4 nitrogen and oxygen atoms in total. The van der Waals surface area contributed by atoms with Crippen LogP contribution in [0.2, 0.25) is 0 Å². The summed E-state index contributed by atoms with van der Waals surface area (Å²) in [5.41, 5.74) is -1.24. The van der Waals surface area contributed by atoms with Gasteiger partial charge in [-0.1, -0.05) is 60.7 Å². The Morgan fingerprint density at radius 3 is 1.93 bits per heavy atom. The summed E-state index contributed by atoms with van der Waals surface area (Å²) in [5.74, 6) is -2.28. The average Bonchev–Trinajstić information content (AvgIpc) is 2.68. The van der Waals surface area contributed by atoms with Crippen molar-refractivity contribution in [2.24, 2.45) is 11.3 Å². The molecule has 0 spiro atoms. The number of hydrogen-bond donors (Lipinski definition) is 1. The van der Waals surface area contributed by atoms with Crippen molar-refractivity contribution in [2.75, 3.05) is 0 Å². The number of carbonyl (C=O) groups is 1. The highest BCUT2D eigenvalue weighted by Gasteiger charge is 2.61.